The molecule has 1 atom stereocenters. The Bertz CT molecular complexity index is 278. The zero-order valence-electron chi connectivity index (χ0n) is 6.73. The molecule has 0 aliphatic carbocycles. The van der Waals surface area contributed by atoms with E-state index in [1.807, 2.05) is 0 Å². The third-order valence-corrected chi connectivity index (χ3v) is 1.79. The van der Waals surface area contributed by atoms with Crippen molar-refractivity contribution >= 4 is 29.4 Å². The number of halogens is 1. The third-order valence-electron chi connectivity index (χ3n) is 1.39. The standard InChI is InChI=1S/C7H10N2O2S.ClH/c8-5-6-1-3-7(4-2-6)9-12(10)11;/h1-4,9H,5,8H2,(H,10,11);1H/p-1. The van der Waals surface area contributed by atoms with Crippen molar-refractivity contribution in [3.63, 3.8) is 0 Å². The van der Waals surface area contributed by atoms with Crippen molar-refractivity contribution in [3.05, 3.63) is 29.8 Å². The lowest BCUT2D eigenvalue weighted by Gasteiger charge is -2.08. The van der Waals surface area contributed by atoms with Crippen LogP contribution in [0.3, 0.4) is 0 Å². The number of rotatable bonds is 3. The van der Waals surface area contributed by atoms with E-state index in [4.69, 9.17) is 5.73 Å². The molecule has 13 heavy (non-hydrogen) atoms. The summed E-state index contributed by atoms with van der Waals surface area (Å²) in [6, 6.07) is 6.88. The van der Waals surface area contributed by atoms with Crippen molar-refractivity contribution in [2.75, 3.05) is 4.72 Å². The topological polar surface area (TPSA) is 78.2 Å². The van der Waals surface area contributed by atoms with E-state index in [1.54, 1.807) is 24.3 Å². The molecule has 0 bridgehead atoms. The monoisotopic (exact) mass is 221 g/mol. The quantitative estimate of drug-likeness (QED) is 0.741. The minimum atomic E-state index is -2.26. The van der Waals surface area contributed by atoms with Crippen molar-refractivity contribution in [2.45, 2.75) is 6.54 Å². The normalized spacial score (nSPS) is 11.5. The molecular formula is C7H10ClN2O2S-. The summed E-state index contributed by atoms with van der Waals surface area (Å²) in [5, 5.41) is 0. The van der Waals surface area contributed by atoms with Gasteiger partial charge in [-0.2, -0.15) is 0 Å². The molecule has 0 aromatic heterocycles. The molecule has 0 aliphatic rings. The Morgan fingerprint density at radius 1 is 1.38 bits per heavy atom. The van der Waals surface area contributed by atoms with Crippen LogP contribution < -0.4 is 10.5 Å². The van der Waals surface area contributed by atoms with Crippen LogP contribution in [0.4, 0.5) is 5.69 Å². The number of benzene rings is 1. The van der Waals surface area contributed by atoms with E-state index < -0.39 is 11.3 Å². The number of anilines is 1. The van der Waals surface area contributed by atoms with Gasteiger partial charge in [-0.3, -0.25) is 4.21 Å². The van der Waals surface area contributed by atoms with Gasteiger partial charge in [0, 0.05) is 23.5 Å². The van der Waals surface area contributed by atoms with E-state index in [1.165, 1.54) is 0 Å². The van der Waals surface area contributed by atoms with Crippen molar-refractivity contribution in [3.8, 4) is 0 Å². The molecule has 1 rings (SSSR count). The highest BCUT2D eigenvalue weighted by atomic mass is 35.5. The zero-order chi connectivity index (χ0) is 8.97. The molecule has 0 spiro atoms. The Morgan fingerprint density at radius 2 is 1.92 bits per heavy atom. The highest BCUT2D eigenvalue weighted by Crippen LogP contribution is 2.08. The second-order valence-corrected chi connectivity index (χ2v) is 2.91. The smallest absolute Gasteiger partial charge is 0.0452 e. The summed E-state index contributed by atoms with van der Waals surface area (Å²) < 4.78 is 22.6. The highest BCUT2D eigenvalue weighted by Gasteiger charge is 1.90. The maximum Gasteiger partial charge on any atom is 0.0452 e. The van der Waals surface area contributed by atoms with Gasteiger partial charge in [0.2, 0.25) is 0 Å². The van der Waals surface area contributed by atoms with Gasteiger partial charge < -0.3 is 15.0 Å². The first-order valence-corrected chi connectivity index (χ1v) is 4.45. The van der Waals surface area contributed by atoms with Crippen LogP contribution in [0, 0.1) is 0 Å². The molecule has 6 heteroatoms. The summed E-state index contributed by atoms with van der Waals surface area (Å²) in [4.78, 5) is 0. The predicted molar refractivity (Wildman–Crippen MR) is 54.1 cm³/mol. The zero-order valence-corrected chi connectivity index (χ0v) is 8.36. The molecule has 4 nitrogen and oxygen atoms in total. The van der Waals surface area contributed by atoms with E-state index in [9.17, 15) is 8.76 Å². The molecule has 0 saturated carbocycles. The Hall–Kier alpha value is -0.620. The fourth-order valence-electron chi connectivity index (χ4n) is 0.805. The average molecular weight is 222 g/mol. The van der Waals surface area contributed by atoms with Crippen LogP contribution in [0.5, 0.6) is 0 Å². The van der Waals surface area contributed by atoms with Gasteiger partial charge in [0.05, 0.1) is 0 Å². The second kappa shape index (κ2) is 5.93. The Morgan fingerprint density at radius 3 is 2.31 bits per heavy atom. The van der Waals surface area contributed by atoms with Crippen LogP contribution in [-0.2, 0) is 17.8 Å². The van der Waals surface area contributed by atoms with E-state index in [2.05, 4.69) is 4.72 Å². The lowest BCUT2D eigenvalue weighted by Crippen LogP contribution is -2.02. The molecule has 0 fully saturated rings. The molecule has 0 radical (unpaired) electrons. The molecule has 0 aliphatic heterocycles. The Kier molecular flexibility index (Phi) is 5.65. The average Bonchev–Trinajstić information content (AvgIpc) is 2.05. The van der Waals surface area contributed by atoms with Crippen LogP contribution in [0.1, 0.15) is 5.56 Å². The van der Waals surface area contributed by atoms with Gasteiger partial charge in [0.25, 0.3) is 0 Å². The van der Waals surface area contributed by atoms with Gasteiger partial charge in [-0.05, 0) is 17.7 Å². The fourth-order valence-corrected chi connectivity index (χ4v) is 1.13. The van der Waals surface area contributed by atoms with Crippen LogP contribution in [0.25, 0.3) is 0 Å². The largest absolute Gasteiger partial charge is 0.755 e. The van der Waals surface area contributed by atoms with Crippen LogP contribution >= 0.6 is 12.4 Å². The molecule has 0 amide bonds. The molecule has 1 unspecified atom stereocenters. The summed E-state index contributed by atoms with van der Waals surface area (Å²) in [7, 11) is 0. The van der Waals surface area contributed by atoms with Crippen molar-refractivity contribution in [1.82, 2.24) is 0 Å². The van der Waals surface area contributed by atoms with Crippen molar-refractivity contribution in [2.24, 2.45) is 5.73 Å². The summed E-state index contributed by atoms with van der Waals surface area (Å²) >= 11 is -2.26. The van der Waals surface area contributed by atoms with Gasteiger partial charge in [-0.15, -0.1) is 12.4 Å². The summed E-state index contributed by atoms with van der Waals surface area (Å²) in [5.41, 5.74) is 6.87. The van der Waals surface area contributed by atoms with Crippen molar-refractivity contribution in [1.29, 1.82) is 0 Å². The molecule has 0 saturated heterocycles. The molecular weight excluding hydrogens is 212 g/mol. The van der Waals surface area contributed by atoms with Gasteiger partial charge >= 0.3 is 0 Å². The lowest BCUT2D eigenvalue weighted by atomic mass is 10.2. The third kappa shape index (κ3) is 4.23. The summed E-state index contributed by atoms with van der Waals surface area (Å²) in [5.74, 6) is 0. The Labute approximate surface area is 85.4 Å². The minimum Gasteiger partial charge on any atom is -0.755 e. The fraction of sp³-hybridized carbons (Fsp3) is 0.143. The first kappa shape index (κ1) is 12.4. The van der Waals surface area contributed by atoms with Crippen molar-refractivity contribution < 1.29 is 8.76 Å². The summed E-state index contributed by atoms with van der Waals surface area (Å²) in [6.07, 6.45) is 0. The lowest BCUT2D eigenvalue weighted by molar-refractivity contribution is 0.542. The molecule has 0 heterocycles. The van der Waals surface area contributed by atoms with Gasteiger partial charge in [-0.25, -0.2) is 0 Å². The second-order valence-electron chi connectivity index (χ2n) is 2.24. The number of hydrogen-bond acceptors (Lipinski definition) is 3. The van der Waals surface area contributed by atoms with Crippen LogP contribution in [0.2, 0.25) is 0 Å². The number of nitrogens with two attached hydrogens (primary N) is 1. The van der Waals surface area contributed by atoms with E-state index in [0.717, 1.165) is 5.56 Å². The van der Waals surface area contributed by atoms with E-state index in [0.29, 0.717) is 12.2 Å². The maximum absolute atomic E-state index is 10.2. The van der Waals surface area contributed by atoms with Gasteiger partial charge in [0.1, 0.15) is 0 Å². The molecule has 74 valence electrons. The van der Waals surface area contributed by atoms with Gasteiger partial charge in [-0.1, -0.05) is 12.1 Å². The summed E-state index contributed by atoms with van der Waals surface area (Å²) in [6.45, 7) is 0.459. The SMILES string of the molecule is Cl.NCc1ccc(NS(=O)[O-])cc1. The van der Waals surface area contributed by atoms with E-state index >= 15 is 0 Å². The first-order chi connectivity index (χ1) is 5.72. The highest BCUT2D eigenvalue weighted by molar-refractivity contribution is 7.80. The van der Waals surface area contributed by atoms with Crippen LogP contribution in [-0.4, -0.2) is 8.76 Å². The molecule has 3 N–H and O–H groups in total. The van der Waals surface area contributed by atoms with E-state index in [-0.39, 0.29) is 12.4 Å². The first-order valence-electron chi connectivity index (χ1n) is 3.37. The number of hydrogen-bond donors (Lipinski definition) is 2. The maximum atomic E-state index is 10.2. The molecule has 1 aromatic rings. The van der Waals surface area contributed by atoms with Gasteiger partial charge in [0.15, 0.2) is 0 Å². The number of nitrogens with one attached hydrogen (secondary N) is 1. The minimum absolute atomic E-state index is 0. The van der Waals surface area contributed by atoms with Crippen LogP contribution in [0.15, 0.2) is 24.3 Å². The molecule has 1 aromatic carbocycles. The predicted octanol–water partition coefficient (Wildman–Crippen LogP) is 0.773. The Balaban J connectivity index is 0.00000144.